The van der Waals surface area contributed by atoms with Crippen LogP contribution in [0.3, 0.4) is 0 Å². The van der Waals surface area contributed by atoms with E-state index in [9.17, 15) is 22.8 Å². The molecule has 1 atom stereocenters. The van der Waals surface area contributed by atoms with Gasteiger partial charge in [0.25, 0.3) is 0 Å². The fraction of sp³-hybridized carbons (Fsp3) is 0.375. The molecule has 0 saturated carbocycles. The molecule has 1 aliphatic rings. The van der Waals surface area contributed by atoms with Crippen LogP contribution in [0.1, 0.15) is 34.1 Å². The van der Waals surface area contributed by atoms with Crippen LogP contribution in [0.25, 0.3) is 0 Å². The maximum absolute atomic E-state index is 12.6. The highest BCUT2D eigenvalue weighted by Gasteiger charge is 2.38. The van der Waals surface area contributed by atoms with Gasteiger partial charge in [-0.2, -0.15) is 0 Å². The minimum atomic E-state index is -3.25. The zero-order valence-electron chi connectivity index (χ0n) is 13.4. The molecule has 2 rings (SSSR count). The van der Waals surface area contributed by atoms with Crippen molar-refractivity contribution in [3.05, 3.63) is 35.4 Å². The molecule has 0 aliphatic heterocycles. The van der Waals surface area contributed by atoms with Gasteiger partial charge in [0.05, 0.1) is 12.3 Å². The number of carbonyl (C=O) groups excluding carboxylic acids is 3. The van der Waals surface area contributed by atoms with Crippen molar-refractivity contribution in [2.75, 3.05) is 18.6 Å². The summed E-state index contributed by atoms with van der Waals surface area (Å²) < 4.78 is 22.5. The van der Waals surface area contributed by atoms with Crippen molar-refractivity contribution in [3.8, 4) is 0 Å². The van der Waals surface area contributed by atoms with Crippen LogP contribution < -0.4 is 5.32 Å². The molecular weight excluding hydrogens is 332 g/mol. The minimum Gasteiger partial charge on any atom is -0.340 e. The third-order valence-corrected chi connectivity index (χ3v) is 4.50. The molecule has 7 nitrogen and oxygen atoms in total. The van der Waals surface area contributed by atoms with Crippen LogP contribution in [0.2, 0.25) is 0 Å². The third kappa shape index (κ3) is 3.94. The number of carbonyl (C=O) groups is 3. The molecular formula is C16H18N2O5S. The summed E-state index contributed by atoms with van der Waals surface area (Å²) in [5, 5.41) is 2.50. The Bertz CT molecular complexity index is 827. The van der Waals surface area contributed by atoms with E-state index < -0.39 is 33.4 Å². The smallest absolute Gasteiger partial charge is 0.220 e. The molecule has 1 aliphatic carbocycles. The summed E-state index contributed by atoms with van der Waals surface area (Å²) in [5.74, 6) is -1.53. The molecule has 0 spiro atoms. The van der Waals surface area contributed by atoms with Crippen LogP contribution in [-0.4, -0.2) is 56.2 Å². The number of ketones is 2. The van der Waals surface area contributed by atoms with E-state index in [2.05, 4.69) is 10.3 Å². The minimum absolute atomic E-state index is 0.121. The number of rotatable bonds is 5. The van der Waals surface area contributed by atoms with Crippen LogP contribution in [-0.2, 0) is 14.6 Å². The van der Waals surface area contributed by atoms with Crippen molar-refractivity contribution >= 4 is 33.0 Å². The van der Waals surface area contributed by atoms with Gasteiger partial charge in [-0.05, 0) is 0 Å². The van der Waals surface area contributed by atoms with Gasteiger partial charge in [-0.15, -0.1) is 0 Å². The molecule has 0 aromatic heterocycles. The molecule has 0 heterocycles. The number of benzene rings is 1. The van der Waals surface area contributed by atoms with E-state index in [-0.39, 0.29) is 35.6 Å². The van der Waals surface area contributed by atoms with Crippen molar-refractivity contribution in [1.82, 2.24) is 5.32 Å². The van der Waals surface area contributed by atoms with Gasteiger partial charge in [0, 0.05) is 23.8 Å². The van der Waals surface area contributed by atoms with Gasteiger partial charge >= 0.3 is 0 Å². The SMILES string of the molecule is CCC(=O)NC1C(=O)c2ccccc2C(=O)C1=NCCS(C)(=O)=O. The van der Waals surface area contributed by atoms with Gasteiger partial charge in [-0.3, -0.25) is 19.4 Å². The summed E-state index contributed by atoms with van der Waals surface area (Å²) in [4.78, 5) is 40.9. The molecule has 0 bridgehead atoms. The zero-order valence-corrected chi connectivity index (χ0v) is 14.2. The Morgan fingerprint density at radius 3 is 2.42 bits per heavy atom. The van der Waals surface area contributed by atoms with E-state index in [1.165, 1.54) is 12.1 Å². The zero-order chi connectivity index (χ0) is 17.9. The lowest BCUT2D eigenvalue weighted by Crippen LogP contribution is -2.52. The van der Waals surface area contributed by atoms with Gasteiger partial charge in [-0.1, -0.05) is 31.2 Å². The average molecular weight is 350 g/mol. The predicted molar refractivity (Wildman–Crippen MR) is 89.3 cm³/mol. The van der Waals surface area contributed by atoms with Crippen molar-refractivity contribution in [1.29, 1.82) is 0 Å². The van der Waals surface area contributed by atoms with E-state index in [1.54, 1.807) is 19.1 Å². The summed E-state index contributed by atoms with van der Waals surface area (Å²) >= 11 is 0. The predicted octanol–water partition coefficient (Wildman–Crippen LogP) is 0.446. The fourth-order valence-corrected chi connectivity index (χ4v) is 2.76. The number of Topliss-reactive ketones (excluding diaryl/α,β-unsaturated/α-hetero) is 2. The molecule has 0 radical (unpaired) electrons. The molecule has 128 valence electrons. The number of hydrogen-bond acceptors (Lipinski definition) is 6. The molecule has 1 N–H and O–H groups in total. The maximum Gasteiger partial charge on any atom is 0.220 e. The van der Waals surface area contributed by atoms with Gasteiger partial charge in [0.2, 0.25) is 11.7 Å². The highest BCUT2D eigenvalue weighted by atomic mass is 32.2. The first-order chi connectivity index (χ1) is 11.2. The van der Waals surface area contributed by atoms with Gasteiger partial charge in [0.1, 0.15) is 21.6 Å². The summed E-state index contributed by atoms with van der Waals surface area (Å²) in [6, 6.07) is 5.12. The first-order valence-electron chi connectivity index (χ1n) is 7.44. The average Bonchev–Trinajstić information content (AvgIpc) is 2.53. The normalized spacial score (nSPS) is 19.2. The van der Waals surface area contributed by atoms with E-state index in [4.69, 9.17) is 0 Å². The number of fused-ring (bicyclic) bond motifs is 1. The summed E-state index contributed by atoms with van der Waals surface area (Å²) in [5.41, 5.74) is 0.317. The maximum atomic E-state index is 12.6. The summed E-state index contributed by atoms with van der Waals surface area (Å²) in [6.07, 6.45) is 1.21. The molecule has 0 saturated heterocycles. The highest BCUT2D eigenvalue weighted by Crippen LogP contribution is 2.20. The molecule has 1 aromatic rings. The molecule has 8 heteroatoms. The first kappa shape index (κ1) is 18.0. The lowest BCUT2D eigenvalue weighted by Gasteiger charge is -2.25. The number of nitrogens with one attached hydrogen (secondary N) is 1. The largest absolute Gasteiger partial charge is 0.340 e. The van der Waals surface area contributed by atoms with Crippen molar-refractivity contribution in [2.45, 2.75) is 19.4 Å². The second-order valence-corrected chi connectivity index (χ2v) is 7.75. The Hall–Kier alpha value is -2.35. The second-order valence-electron chi connectivity index (χ2n) is 5.49. The van der Waals surface area contributed by atoms with Crippen molar-refractivity contribution in [3.63, 3.8) is 0 Å². The van der Waals surface area contributed by atoms with Crippen LogP contribution >= 0.6 is 0 Å². The molecule has 0 fully saturated rings. The number of nitrogens with zero attached hydrogens (tertiary/aromatic N) is 1. The third-order valence-electron chi connectivity index (χ3n) is 3.58. The monoisotopic (exact) mass is 350 g/mol. The Kier molecular flexibility index (Phi) is 5.28. The topological polar surface area (TPSA) is 110 Å². The Morgan fingerprint density at radius 1 is 1.21 bits per heavy atom. The van der Waals surface area contributed by atoms with Gasteiger partial charge in [0.15, 0.2) is 5.78 Å². The quantitative estimate of drug-likeness (QED) is 0.829. The highest BCUT2D eigenvalue weighted by molar-refractivity contribution is 7.90. The van der Waals surface area contributed by atoms with E-state index >= 15 is 0 Å². The lowest BCUT2D eigenvalue weighted by atomic mass is 9.84. The van der Waals surface area contributed by atoms with Gasteiger partial charge in [-0.25, -0.2) is 8.42 Å². The van der Waals surface area contributed by atoms with Crippen LogP contribution in [0.15, 0.2) is 29.3 Å². The summed E-state index contributed by atoms with van der Waals surface area (Å²) in [6.45, 7) is 1.48. The Labute approximate surface area is 140 Å². The summed E-state index contributed by atoms with van der Waals surface area (Å²) in [7, 11) is -3.25. The van der Waals surface area contributed by atoms with Crippen LogP contribution in [0.5, 0.6) is 0 Å². The van der Waals surface area contributed by atoms with E-state index in [0.29, 0.717) is 0 Å². The molecule has 1 amide bonds. The number of aliphatic imine (C=N–C) groups is 1. The first-order valence-corrected chi connectivity index (χ1v) is 9.50. The van der Waals surface area contributed by atoms with Crippen molar-refractivity contribution in [2.24, 2.45) is 4.99 Å². The van der Waals surface area contributed by atoms with E-state index in [0.717, 1.165) is 6.26 Å². The number of hydrogen-bond donors (Lipinski definition) is 1. The van der Waals surface area contributed by atoms with Crippen LogP contribution in [0, 0.1) is 0 Å². The number of sulfone groups is 1. The Balaban J connectivity index is 2.43. The standard InChI is InChI=1S/C16H18N2O5S/c1-3-12(19)18-14-13(17-8-9-24(2,22)23)15(20)10-6-4-5-7-11(10)16(14)21/h4-7,14H,3,8-9H2,1-2H3,(H,18,19). The second kappa shape index (κ2) is 7.04. The van der Waals surface area contributed by atoms with Gasteiger partial charge < -0.3 is 5.32 Å². The number of amides is 1. The lowest BCUT2D eigenvalue weighted by molar-refractivity contribution is -0.120. The van der Waals surface area contributed by atoms with Crippen LogP contribution in [0.4, 0.5) is 0 Å². The molecule has 24 heavy (non-hydrogen) atoms. The Morgan fingerprint density at radius 2 is 1.83 bits per heavy atom. The molecule has 1 unspecified atom stereocenters. The molecule has 1 aromatic carbocycles. The fourth-order valence-electron chi connectivity index (χ4n) is 2.34. The van der Waals surface area contributed by atoms with Crippen molar-refractivity contribution < 1.29 is 22.8 Å². The van der Waals surface area contributed by atoms with E-state index in [1.807, 2.05) is 0 Å².